The van der Waals surface area contributed by atoms with Gasteiger partial charge in [-0.25, -0.2) is 0 Å². The van der Waals surface area contributed by atoms with Gasteiger partial charge in [-0.1, -0.05) is 54.1 Å². The average molecular weight is 270 g/mol. The zero-order chi connectivity index (χ0) is 14.6. The van der Waals surface area contributed by atoms with Crippen LogP contribution in [0.3, 0.4) is 0 Å². The van der Waals surface area contributed by atoms with Crippen LogP contribution in [0.2, 0.25) is 0 Å². The van der Waals surface area contributed by atoms with Gasteiger partial charge in [-0.05, 0) is 37.0 Å². The number of hydrogen-bond acceptors (Lipinski definition) is 2. The predicted molar refractivity (Wildman–Crippen MR) is 81.9 cm³/mol. The predicted octanol–water partition coefficient (Wildman–Crippen LogP) is 2.77. The Bertz CT molecular complexity index is 554. The Balaban J connectivity index is 2.39. The van der Waals surface area contributed by atoms with E-state index in [1.165, 1.54) is 11.1 Å². The van der Waals surface area contributed by atoms with Crippen LogP contribution < -0.4 is 0 Å². The molecule has 2 N–H and O–H groups in total. The second-order valence-corrected chi connectivity index (χ2v) is 5.57. The first kappa shape index (κ1) is 14.8. The standard InChI is InChI=1S/C18H22O2/c1-14-7-9-17(10-8-14)18(12-19,13-20)11-16-6-4-3-5-15(16)2/h3-10,19-20H,11-13H2,1-2H3. The molecule has 0 bridgehead atoms. The lowest BCUT2D eigenvalue weighted by molar-refractivity contribution is 0.116. The normalized spacial score (nSPS) is 11.6. The Morgan fingerprint density at radius 1 is 0.850 bits per heavy atom. The van der Waals surface area contributed by atoms with E-state index in [2.05, 4.69) is 19.1 Å². The first-order valence-corrected chi connectivity index (χ1v) is 6.95. The van der Waals surface area contributed by atoms with E-state index in [9.17, 15) is 10.2 Å². The number of aryl methyl sites for hydroxylation is 2. The maximum atomic E-state index is 9.89. The summed E-state index contributed by atoms with van der Waals surface area (Å²) in [5, 5.41) is 19.8. The molecule has 0 atom stereocenters. The monoisotopic (exact) mass is 270 g/mol. The van der Waals surface area contributed by atoms with E-state index in [0.717, 1.165) is 11.1 Å². The highest BCUT2D eigenvalue weighted by atomic mass is 16.3. The summed E-state index contributed by atoms with van der Waals surface area (Å²) >= 11 is 0. The molecule has 106 valence electrons. The summed E-state index contributed by atoms with van der Waals surface area (Å²) in [5.41, 5.74) is 3.88. The molecule has 0 aliphatic heterocycles. The molecule has 0 aliphatic carbocycles. The summed E-state index contributed by atoms with van der Waals surface area (Å²) in [7, 11) is 0. The van der Waals surface area contributed by atoms with Gasteiger partial charge >= 0.3 is 0 Å². The van der Waals surface area contributed by atoms with Gasteiger partial charge in [0.2, 0.25) is 0 Å². The number of benzene rings is 2. The fraction of sp³-hybridized carbons (Fsp3) is 0.333. The van der Waals surface area contributed by atoms with Crippen LogP contribution in [0.1, 0.15) is 22.3 Å². The topological polar surface area (TPSA) is 40.5 Å². The minimum atomic E-state index is -0.625. The summed E-state index contributed by atoms with van der Waals surface area (Å²) < 4.78 is 0. The highest BCUT2D eigenvalue weighted by molar-refractivity contribution is 5.34. The van der Waals surface area contributed by atoms with Crippen LogP contribution in [0.15, 0.2) is 48.5 Å². The van der Waals surface area contributed by atoms with Crippen molar-refractivity contribution in [3.63, 3.8) is 0 Å². The zero-order valence-electron chi connectivity index (χ0n) is 12.1. The molecule has 20 heavy (non-hydrogen) atoms. The van der Waals surface area contributed by atoms with Crippen molar-refractivity contribution in [2.24, 2.45) is 0 Å². The quantitative estimate of drug-likeness (QED) is 0.877. The summed E-state index contributed by atoms with van der Waals surface area (Å²) in [4.78, 5) is 0. The van der Waals surface area contributed by atoms with Crippen LogP contribution in [-0.2, 0) is 11.8 Å². The molecule has 0 heterocycles. The fourth-order valence-electron chi connectivity index (χ4n) is 2.53. The molecule has 2 heteroatoms. The first-order valence-electron chi connectivity index (χ1n) is 6.95. The second kappa shape index (κ2) is 6.21. The van der Waals surface area contributed by atoms with E-state index in [-0.39, 0.29) is 13.2 Å². The van der Waals surface area contributed by atoms with Crippen molar-refractivity contribution in [1.29, 1.82) is 0 Å². The van der Waals surface area contributed by atoms with E-state index < -0.39 is 5.41 Å². The second-order valence-electron chi connectivity index (χ2n) is 5.57. The molecule has 2 aromatic carbocycles. The molecular formula is C18H22O2. The Morgan fingerprint density at radius 3 is 2.00 bits per heavy atom. The third-order valence-corrected chi connectivity index (χ3v) is 4.06. The van der Waals surface area contributed by atoms with Gasteiger partial charge in [-0.15, -0.1) is 0 Å². The number of rotatable bonds is 5. The SMILES string of the molecule is Cc1ccc(C(CO)(CO)Cc2ccccc2C)cc1. The van der Waals surface area contributed by atoms with Gasteiger partial charge in [-0.2, -0.15) is 0 Å². The molecule has 0 aliphatic rings. The Hall–Kier alpha value is -1.64. The minimum absolute atomic E-state index is 0.0686. The Labute approximate surface area is 120 Å². The molecule has 0 aromatic heterocycles. The van der Waals surface area contributed by atoms with Crippen LogP contribution in [0.4, 0.5) is 0 Å². The molecule has 0 radical (unpaired) electrons. The Morgan fingerprint density at radius 2 is 1.45 bits per heavy atom. The van der Waals surface area contributed by atoms with Gasteiger partial charge in [0.1, 0.15) is 0 Å². The first-order chi connectivity index (χ1) is 9.61. The van der Waals surface area contributed by atoms with E-state index in [0.29, 0.717) is 6.42 Å². The van der Waals surface area contributed by atoms with Gasteiger partial charge in [0.05, 0.1) is 13.2 Å². The molecule has 0 unspecified atom stereocenters. The van der Waals surface area contributed by atoms with Crippen LogP contribution in [-0.4, -0.2) is 23.4 Å². The van der Waals surface area contributed by atoms with Gasteiger partial charge in [-0.3, -0.25) is 0 Å². The largest absolute Gasteiger partial charge is 0.395 e. The van der Waals surface area contributed by atoms with E-state index in [1.54, 1.807) is 0 Å². The molecule has 2 rings (SSSR count). The molecule has 0 amide bonds. The molecular weight excluding hydrogens is 248 g/mol. The fourth-order valence-corrected chi connectivity index (χ4v) is 2.53. The summed E-state index contributed by atoms with van der Waals surface area (Å²) in [6, 6.07) is 16.2. The third-order valence-electron chi connectivity index (χ3n) is 4.06. The third kappa shape index (κ3) is 2.92. The van der Waals surface area contributed by atoms with Crippen LogP contribution >= 0.6 is 0 Å². The van der Waals surface area contributed by atoms with Crippen LogP contribution in [0, 0.1) is 13.8 Å². The minimum Gasteiger partial charge on any atom is -0.395 e. The average Bonchev–Trinajstić information content (AvgIpc) is 2.48. The number of hydrogen-bond donors (Lipinski definition) is 2. The van der Waals surface area contributed by atoms with Gasteiger partial charge in [0.25, 0.3) is 0 Å². The number of aliphatic hydroxyl groups is 2. The lowest BCUT2D eigenvalue weighted by atomic mass is 9.76. The molecule has 0 fully saturated rings. The zero-order valence-corrected chi connectivity index (χ0v) is 12.1. The smallest absolute Gasteiger partial charge is 0.0553 e. The molecule has 2 aromatic rings. The van der Waals surface area contributed by atoms with Crippen molar-refractivity contribution >= 4 is 0 Å². The number of aliphatic hydroxyl groups excluding tert-OH is 2. The van der Waals surface area contributed by atoms with Crippen LogP contribution in [0.25, 0.3) is 0 Å². The highest BCUT2D eigenvalue weighted by Gasteiger charge is 2.31. The van der Waals surface area contributed by atoms with Gasteiger partial charge in [0.15, 0.2) is 0 Å². The van der Waals surface area contributed by atoms with Crippen LogP contribution in [0.5, 0.6) is 0 Å². The molecule has 0 saturated carbocycles. The summed E-state index contributed by atoms with van der Waals surface area (Å²) in [6.45, 7) is 3.95. The van der Waals surface area contributed by atoms with E-state index in [4.69, 9.17) is 0 Å². The van der Waals surface area contributed by atoms with Crippen molar-refractivity contribution in [2.45, 2.75) is 25.7 Å². The summed E-state index contributed by atoms with van der Waals surface area (Å²) in [5.74, 6) is 0. The van der Waals surface area contributed by atoms with Crippen molar-refractivity contribution in [1.82, 2.24) is 0 Å². The highest BCUT2D eigenvalue weighted by Crippen LogP contribution is 2.29. The molecule has 0 spiro atoms. The molecule has 0 saturated heterocycles. The lowest BCUT2D eigenvalue weighted by Crippen LogP contribution is -2.37. The molecule has 2 nitrogen and oxygen atoms in total. The van der Waals surface area contributed by atoms with Crippen molar-refractivity contribution in [3.05, 3.63) is 70.8 Å². The maximum absolute atomic E-state index is 9.89. The van der Waals surface area contributed by atoms with E-state index in [1.807, 2.05) is 43.3 Å². The Kier molecular flexibility index (Phi) is 4.58. The lowest BCUT2D eigenvalue weighted by Gasteiger charge is -2.31. The summed E-state index contributed by atoms with van der Waals surface area (Å²) in [6.07, 6.45) is 0.635. The maximum Gasteiger partial charge on any atom is 0.0553 e. The van der Waals surface area contributed by atoms with Crippen molar-refractivity contribution < 1.29 is 10.2 Å². The van der Waals surface area contributed by atoms with Crippen molar-refractivity contribution in [2.75, 3.05) is 13.2 Å². The van der Waals surface area contributed by atoms with Gasteiger partial charge in [0, 0.05) is 5.41 Å². The van der Waals surface area contributed by atoms with Crippen molar-refractivity contribution in [3.8, 4) is 0 Å². The van der Waals surface area contributed by atoms with E-state index >= 15 is 0 Å². The van der Waals surface area contributed by atoms with Gasteiger partial charge < -0.3 is 10.2 Å².